The van der Waals surface area contributed by atoms with Crippen molar-refractivity contribution in [2.75, 3.05) is 0 Å². The van der Waals surface area contributed by atoms with Crippen LogP contribution in [0.4, 0.5) is 0 Å². The molecule has 0 aliphatic heterocycles. The van der Waals surface area contributed by atoms with Crippen molar-refractivity contribution >= 4 is 34.8 Å². The molecular formula is C9H5Cl3N2O. The van der Waals surface area contributed by atoms with E-state index in [4.69, 9.17) is 39.3 Å². The van der Waals surface area contributed by atoms with Gasteiger partial charge >= 0.3 is 0 Å². The van der Waals surface area contributed by atoms with Gasteiger partial charge in [0.1, 0.15) is 5.88 Å². The third kappa shape index (κ3) is 2.09. The summed E-state index contributed by atoms with van der Waals surface area (Å²) in [5.74, 6) is 0.846. The van der Waals surface area contributed by atoms with Crippen molar-refractivity contribution in [1.82, 2.24) is 10.1 Å². The predicted molar refractivity (Wildman–Crippen MR) is 59.3 cm³/mol. The Morgan fingerprint density at radius 1 is 1.20 bits per heavy atom. The van der Waals surface area contributed by atoms with E-state index >= 15 is 0 Å². The number of alkyl halides is 1. The molecule has 1 aromatic carbocycles. The van der Waals surface area contributed by atoms with E-state index < -0.39 is 0 Å². The van der Waals surface area contributed by atoms with Crippen LogP contribution in [0.1, 0.15) is 5.89 Å². The molecule has 0 aliphatic carbocycles. The van der Waals surface area contributed by atoms with Crippen LogP contribution in [-0.4, -0.2) is 10.1 Å². The minimum absolute atomic E-state index is 0.162. The molecule has 0 spiro atoms. The summed E-state index contributed by atoms with van der Waals surface area (Å²) in [7, 11) is 0. The molecule has 0 bridgehead atoms. The summed E-state index contributed by atoms with van der Waals surface area (Å²) in [5, 5.41) is 4.69. The average molecular weight is 264 g/mol. The topological polar surface area (TPSA) is 38.9 Å². The van der Waals surface area contributed by atoms with Crippen molar-refractivity contribution in [3.8, 4) is 11.4 Å². The molecule has 0 unspecified atom stereocenters. The molecule has 1 aromatic heterocycles. The molecule has 0 fully saturated rings. The molecule has 2 aromatic rings. The number of rotatable bonds is 2. The van der Waals surface area contributed by atoms with Crippen LogP contribution in [0.3, 0.4) is 0 Å². The van der Waals surface area contributed by atoms with Gasteiger partial charge in [-0.05, 0) is 12.1 Å². The maximum absolute atomic E-state index is 5.98. The maximum Gasteiger partial charge on any atom is 0.241 e. The molecule has 3 nitrogen and oxygen atoms in total. The molecule has 0 amide bonds. The Morgan fingerprint density at radius 2 is 1.87 bits per heavy atom. The van der Waals surface area contributed by atoms with Crippen molar-refractivity contribution in [2.45, 2.75) is 5.88 Å². The van der Waals surface area contributed by atoms with Crippen LogP contribution in [-0.2, 0) is 5.88 Å². The molecule has 0 saturated carbocycles. The van der Waals surface area contributed by atoms with Crippen LogP contribution in [0.15, 0.2) is 22.7 Å². The fraction of sp³-hybridized carbons (Fsp3) is 0.111. The van der Waals surface area contributed by atoms with E-state index in [0.717, 1.165) is 0 Å². The van der Waals surface area contributed by atoms with E-state index in [1.807, 2.05) is 0 Å². The van der Waals surface area contributed by atoms with Crippen LogP contribution in [0, 0.1) is 0 Å². The first-order valence-electron chi connectivity index (χ1n) is 4.05. The lowest BCUT2D eigenvalue weighted by Gasteiger charge is -2.00. The Labute approximate surface area is 101 Å². The quantitative estimate of drug-likeness (QED) is 0.774. The van der Waals surface area contributed by atoms with Gasteiger partial charge in [-0.2, -0.15) is 4.98 Å². The number of hydrogen-bond acceptors (Lipinski definition) is 3. The lowest BCUT2D eigenvalue weighted by molar-refractivity contribution is 0.391. The van der Waals surface area contributed by atoms with Gasteiger partial charge in [0, 0.05) is 0 Å². The van der Waals surface area contributed by atoms with Crippen LogP contribution in [0.5, 0.6) is 0 Å². The molecule has 0 N–H and O–H groups in total. The van der Waals surface area contributed by atoms with Gasteiger partial charge in [0.15, 0.2) is 0 Å². The highest BCUT2D eigenvalue weighted by atomic mass is 35.5. The van der Waals surface area contributed by atoms with E-state index in [9.17, 15) is 0 Å². The van der Waals surface area contributed by atoms with Crippen LogP contribution >= 0.6 is 34.8 Å². The Bertz CT molecular complexity index is 464. The summed E-state index contributed by atoms with van der Waals surface area (Å²) < 4.78 is 4.87. The van der Waals surface area contributed by atoms with E-state index in [2.05, 4.69) is 10.1 Å². The van der Waals surface area contributed by atoms with E-state index in [1.165, 1.54) is 0 Å². The molecule has 78 valence electrons. The number of benzene rings is 1. The number of hydrogen-bond donors (Lipinski definition) is 0. The molecule has 2 rings (SSSR count). The largest absolute Gasteiger partial charge is 0.338 e. The second kappa shape index (κ2) is 4.39. The molecule has 6 heteroatoms. The van der Waals surface area contributed by atoms with Gasteiger partial charge in [0.25, 0.3) is 0 Å². The fourth-order valence-electron chi connectivity index (χ4n) is 1.12. The van der Waals surface area contributed by atoms with Gasteiger partial charge in [-0.15, -0.1) is 11.6 Å². The highest BCUT2D eigenvalue weighted by Crippen LogP contribution is 2.32. The van der Waals surface area contributed by atoms with Crippen LogP contribution < -0.4 is 0 Å². The van der Waals surface area contributed by atoms with Crippen molar-refractivity contribution in [3.63, 3.8) is 0 Å². The molecule has 0 atom stereocenters. The van der Waals surface area contributed by atoms with E-state index in [0.29, 0.717) is 27.3 Å². The first-order chi connectivity index (χ1) is 7.22. The third-order valence-electron chi connectivity index (χ3n) is 1.77. The zero-order valence-corrected chi connectivity index (χ0v) is 9.64. The van der Waals surface area contributed by atoms with Gasteiger partial charge in [0.2, 0.25) is 11.7 Å². The van der Waals surface area contributed by atoms with Gasteiger partial charge < -0.3 is 4.52 Å². The Kier molecular flexibility index (Phi) is 3.14. The van der Waals surface area contributed by atoms with Gasteiger partial charge in [-0.3, -0.25) is 0 Å². The van der Waals surface area contributed by atoms with Gasteiger partial charge in [0.05, 0.1) is 15.6 Å². The number of halogens is 3. The molecule has 0 radical (unpaired) electrons. The molecule has 0 saturated heterocycles. The van der Waals surface area contributed by atoms with Crippen molar-refractivity contribution in [1.29, 1.82) is 0 Å². The highest BCUT2D eigenvalue weighted by Gasteiger charge is 2.14. The van der Waals surface area contributed by atoms with Crippen molar-refractivity contribution in [3.05, 3.63) is 34.1 Å². The summed E-state index contributed by atoms with van der Waals surface area (Å²) in [6.07, 6.45) is 0. The fourth-order valence-corrected chi connectivity index (χ4v) is 1.80. The maximum atomic E-state index is 5.98. The second-order valence-corrected chi connectivity index (χ2v) is 3.82. The first kappa shape index (κ1) is 10.7. The van der Waals surface area contributed by atoms with Crippen molar-refractivity contribution < 1.29 is 4.52 Å². The highest BCUT2D eigenvalue weighted by molar-refractivity contribution is 6.38. The Balaban J connectivity index is 2.53. The minimum atomic E-state index is 0.162. The first-order valence-corrected chi connectivity index (χ1v) is 5.34. The van der Waals surface area contributed by atoms with Gasteiger partial charge in [-0.1, -0.05) is 34.4 Å². The SMILES string of the molecule is ClCc1nc(-c2c(Cl)cccc2Cl)no1. The summed E-state index contributed by atoms with van der Waals surface area (Å²) in [4.78, 5) is 4.04. The standard InChI is InChI=1S/C9H5Cl3N2O/c10-4-7-13-9(14-15-7)8-5(11)2-1-3-6(8)12/h1-3H,4H2. The summed E-state index contributed by atoms with van der Waals surface area (Å²) in [6.45, 7) is 0. The Morgan fingerprint density at radius 3 is 2.40 bits per heavy atom. The summed E-state index contributed by atoms with van der Waals surface area (Å²) in [6, 6.07) is 5.16. The number of aromatic nitrogens is 2. The van der Waals surface area contributed by atoms with Crippen molar-refractivity contribution in [2.24, 2.45) is 0 Å². The summed E-state index contributed by atoms with van der Waals surface area (Å²) in [5.41, 5.74) is 0.556. The molecule has 15 heavy (non-hydrogen) atoms. The predicted octanol–water partition coefficient (Wildman–Crippen LogP) is 3.78. The van der Waals surface area contributed by atoms with E-state index in [1.54, 1.807) is 18.2 Å². The minimum Gasteiger partial charge on any atom is -0.338 e. The summed E-state index contributed by atoms with van der Waals surface area (Å²) >= 11 is 17.5. The zero-order chi connectivity index (χ0) is 10.8. The lowest BCUT2D eigenvalue weighted by Crippen LogP contribution is -1.84. The molecule has 0 aliphatic rings. The third-order valence-corrected chi connectivity index (χ3v) is 2.63. The molecular weight excluding hydrogens is 258 g/mol. The average Bonchev–Trinajstić information content (AvgIpc) is 2.66. The van der Waals surface area contributed by atoms with Gasteiger partial charge in [-0.25, -0.2) is 0 Å². The van der Waals surface area contributed by atoms with Crippen LogP contribution in [0.2, 0.25) is 10.0 Å². The van der Waals surface area contributed by atoms with Crippen LogP contribution in [0.25, 0.3) is 11.4 Å². The molecule has 1 heterocycles. The second-order valence-electron chi connectivity index (χ2n) is 2.74. The normalized spacial score (nSPS) is 10.6. The smallest absolute Gasteiger partial charge is 0.241 e. The monoisotopic (exact) mass is 262 g/mol. The Hall–Kier alpha value is -0.770. The number of nitrogens with zero attached hydrogens (tertiary/aromatic N) is 2. The van der Waals surface area contributed by atoms with E-state index in [-0.39, 0.29) is 5.88 Å². The zero-order valence-electron chi connectivity index (χ0n) is 7.38. The lowest BCUT2D eigenvalue weighted by atomic mass is 10.2.